The van der Waals surface area contributed by atoms with E-state index in [-0.39, 0.29) is 11.5 Å². The molecule has 2 N–H and O–H groups in total. The molecule has 0 aromatic heterocycles. The predicted octanol–water partition coefficient (Wildman–Crippen LogP) is 7.28. The first-order valence-corrected chi connectivity index (χ1v) is 19.8. The quantitative estimate of drug-likeness (QED) is 0.270. The molecule has 0 aromatic carbocycles. The van der Waals surface area contributed by atoms with Crippen molar-refractivity contribution in [3.8, 4) is 0 Å². The average Bonchev–Trinajstić information content (AvgIpc) is 3.16. The first-order chi connectivity index (χ1) is 15.8. The molecule has 0 amide bonds. The van der Waals surface area contributed by atoms with Crippen LogP contribution in [-0.4, -0.2) is 36.1 Å². The van der Waals surface area contributed by atoms with Gasteiger partial charge < -0.3 is 0 Å². The van der Waals surface area contributed by atoms with Crippen molar-refractivity contribution >= 4 is 25.8 Å². The summed E-state index contributed by atoms with van der Waals surface area (Å²) in [5.41, 5.74) is 0.438. The second-order valence-corrected chi connectivity index (χ2v) is 20.8. The Hall–Kier alpha value is 0.160. The van der Waals surface area contributed by atoms with Crippen molar-refractivity contribution in [2.45, 2.75) is 109 Å². The van der Waals surface area contributed by atoms with Gasteiger partial charge in [-0.3, -0.25) is 0 Å². The van der Waals surface area contributed by atoms with Gasteiger partial charge in [0.15, 0.2) is 0 Å². The molecule has 3 nitrogen and oxygen atoms in total. The van der Waals surface area contributed by atoms with E-state index in [9.17, 15) is 15.0 Å². The zero-order chi connectivity index (χ0) is 24.8. The molecular weight excluding hydrogens is 535 g/mol. The van der Waals surface area contributed by atoms with Crippen LogP contribution in [-0.2, 0) is 4.79 Å². The molecule has 5 aliphatic carbocycles. The van der Waals surface area contributed by atoms with Crippen LogP contribution >= 0.6 is 19.8 Å². The molecule has 196 valence electrons. The number of alkyl halides is 3. The fourth-order valence-electron chi connectivity index (χ4n) is 11.6. The molecule has 5 rings (SSSR count). The van der Waals surface area contributed by atoms with Gasteiger partial charge in [-0.15, -0.1) is 0 Å². The fraction of sp³-hybridized carbons (Fsp3) is 0.967. The molecule has 0 bridgehead atoms. The standard InChI is InChI=1S/C30H51IO3/c1-18(2)24-19-10-14-29(5)23(27(19,3)13-12-22(24)32)9-8-20-25-21(31(6)7)11-15-30(25,26(33)34)17-16-28(20,29)4/h18-25,32H,8-17H2,1-7H3,(H,33,34)/t19?,20?,21-,22-,23?,24?,25?,27?,28-,29?,30+/m1/s1. The molecule has 34 heavy (non-hydrogen) atoms. The second-order valence-electron chi connectivity index (χ2n) is 14.5. The summed E-state index contributed by atoms with van der Waals surface area (Å²) >= 11 is -1.11. The fourth-order valence-corrected chi connectivity index (χ4v) is 15.9. The van der Waals surface area contributed by atoms with Crippen molar-refractivity contribution in [3.05, 3.63) is 0 Å². The summed E-state index contributed by atoms with van der Waals surface area (Å²) in [5.74, 6) is 2.86. The zero-order valence-electron chi connectivity index (χ0n) is 22.9. The van der Waals surface area contributed by atoms with Crippen molar-refractivity contribution in [1.29, 1.82) is 0 Å². The Morgan fingerprint density at radius 2 is 1.56 bits per heavy atom. The van der Waals surface area contributed by atoms with Crippen LogP contribution in [0.5, 0.6) is 0 Å². The number of carbonyl (C=O) groups is 1. The van der Waals surface area contributed by atoms with Crippen molar-refractivity contribution in [2.24, 2.45) is 57.2 Å². The molecule has 7 unspecified atom stereocenters. The van der Waals surface area contributed by atoms with Gasteiger partial charge in [-0.1, -0.05) is 0 Å². The van der Waals surface area contributed by atoms with Crippen molar-refractivity contribution in [1.82, 2.24) is 0 Å². The summed E-state index contributed by atoms with van der Waals surface area (Å²) < 4.78 is 0.715. The number of aliphatic hydroxyl groups is 1. The number of aliphatic hydroxyl groups excluding tert-OH is 1. The number of carboxylic acids is 1. The molecule has 5 aliphatic rings. The first kappa shape index (κ1) is 25.8. The third-order valence-corrected chi connectivity index (χ3v) is 17.9. The number of hydrogen-bond donors (Lipinski definition) is 2. The van der Waals surface area contributed by atoms with E-state index in [0.29, 0.717) is 50.3 Å². The number of fused-ring (bicyclic) bond motifs is 7. The Kier molecular flexibility index (Phi) is 6.32. The van der Waals surface area contributed by atoms with Crippen LogP contribution in [0.3, 0.4) is 0 Å². The van der Waals surface area contributed by atoms with E-state index >= 15 is 0 Å². The normalized spacial score (nSPS) is 55.1. The summed E-state index contributed by atoms with van der Waals surface area (Å²) in [7, 11) is 0. The predicted molar refractivity (Wildman–Crippen MR) is 149 cm³/mol. The Balaban J connectivity index is 1.54. The maximum atomic E-state index is 12.8. The SMILES string of the molecule is CC(C)C1C2CCC3(C)C(CCC4C5[C@H](I(C)C)CC[C@]5(C(=O)O)CC[C@]43C)C2(C)CC[C@H]1O. The minimum atomic E-state index is -1.11. The molecule has 0 saturated heterocycles. The van der Waals surface area contributed by atoms with Crippen molar-refractivity contribution in [3.63, 3.8) is 0 Å². The van der Waals surface area contributed by atoms with Gasteiger partial charge in [0.05, 0.1) is 0 Å². The summed E-state index contributed by atoms with van der Waals surface area (Å²) in [5, 5.41) is 21.6. The van der Waals surface area contributed by atoms with Crippen LogP contribution in [0, 0.1) is 57.2 Å². The van der Waals surface area contributed by atoms with E-state index in [1.165, 1.54) is 38.5 Å². The second kappa shape index (κ2) is 8.33. The van der Waals surface area contributed by atoms with Gasteiger partial charge in [0.25, 0.3) is 0 Å². The Bertz CT molecular complexity index is 826. The van der Waals surface area contributed by atoms with Gasteiger partial charge in [-0.25, -0.2) is 0 Å². The summed E-state index contributed by atoms with van der Waals surface area (Å²) in [6.45, 7) is 12.5. The van der Waals surface area contributed by atoms with E-state index in [1.54, 1.807) is 0 Å². The molecule has 5 saturated carbocycles. The summed E-state index contributed by atoms with van der Waals surface area (Å²) in [4.78, 5) is 17.8. The van der Waals surface area contributed by atoms with E-state index in [2.05, 4.69) is 44.5 Å². The van der Waals surface area contributed by atoms with Crippen molar-refractivity contribution < 1.29 is 15.0 Å². The maximum absolute atomic E-state index is 12.8. The third-order valence-electron chi connectivity index (χ3n) is 13.3. The van der Waals surface area contributed by atoms with Gasteiger partial charge in [-0.05, 0) is 0 Å². The molecular formula is C30H51IO3. The molecule has 11 atom stereocenters. The van der Waals surface area contributed by atoms with Crippen LogP contribution < -0.4 is 0 Å². The topological polar surface area (TPSA) is 57.5 Å². The van der Waals surface area contributed by atoms with Crippen LogP contribution in [0.25, 0.3) is 0 Å². The molecule has 0 heterocycles. The third kappa shape index (κ3) is 3.18. The molecule has 0 aliphatic heterocycles. The van der Waals surface area contributed by atoms with Crippen LogP contribution in [0.1, 0.15) is 98.8 Å². The Morgan fingerprint density at radius 1 is 0.853 bits per heavy atom. The molecule has 0 aromatic rings. The van der Waals surface area contributed by atoms with Gasteiger partial charge in [0, 0.05) is 0 Å². The number of hydrogen-bond acceptors (Lipinski definition) is 2. The first-order valence-electron chi connectivity index (χ1n) is 14.2. The average molecular weight is 587 g/mol. The van der Waals surface area contributed by atoms with Gasteiger partial charge in [0.1, 0.15) is 0 Å². The van der Waals surface area contributed by atoms with E-state index in [0.717, 1.165) is 25.7 Å². The van der Waals surface area contributed by atoms with E-state index in [4.69, 9.17) is 0 Å². The number of halogens is 1. The number of rotatable bonds is 3. The van der Waals surface area contributed by atoms with Crippen LogP contribution in [0.2, 0.25) is 0 Å². The number of carboxylic acid groups (broad SMARTS) is 1. The molecule has 4 heteroatoms. The van der Waals surface area contributed by atoms with Gasteiger partial charge in [0.2, 0.25) is 0 Å². The summed E-state index contributed by atoms with van der Waals surface area (Å²) in [6.07, 6.45) is 11.2. The van der Waals surface area contributed by atoms with E-state index in [1.807, 2.05) is 0 Å². The minimum absolute atomic E-state index is 0.129. The Labute approximate surface area is 216 Å². The molecule has 0 radical (unpaired) electrons. The molecule has 0 spiro atoms. The van der Waals surface area contributed by atoms with Crippen LogP contribution in [0.4, 0.5) is 0 Å². The Morgan fingerprint density at radius 3 is 2.18 bits per heavy atom. The monoisotopic (exact) mass is 586 g/mol. The number of aliphatic carboxylic acids is 1. The summed E-state index contributed by atoms with van der Waals surface area (Å²) in [6, 6.07) is 0. The van der Waals surface area contributed by atoms with Crippen LogP contribution in [0.15, 0.2) is 0 Å². The van der Waals surface area contributed by atoms with Gasteiger partial charge >= 0.3 is 217 Å². The van der Waals surface area contributed by atoms with E-state index < -0.39 is 31.2 Å². The molecule has 5 fully saturated rings. The van der Waals surface area contributed by atoms with Crippen molar-refractivity contribution in [2.75, 3.05) is 9.86 Å². The zero-order valence-corrected chi connectivity index (χ0v) is 25.0. The van der Waals surface area contributed by atoms with Gasteiger partial charge in [-0.2, -0.15) is 0 Å².